The molecule has 0 spiro atoms. The highest BCUT2D eigenvalue weighted by Crippen LogP contribution is 2.32. The molecule has 1 amide bonds. The molecule has 1 aliphatic heterocycles. The molecule has 10 heteroatoms. The Labute approximate surface area is 211 Å². The topological polar surface area (TPSA) is 146 Å². The molecule has 1 aliphatic rings. The number of carbonyl (C=O) groups is 2. The Morgan fingerprint density at radius 2 is 1.94 bits per heavy atom. The van der Waals surface area contributed by atoms with E-state index in [1.165, 1.54) is 0 Å². The summed E-state index contributed by atoms with van der Waals surface area (Å²) < 4.78 is 11.7. The van der Waals surface area contributed by atoms with Crippen molar-refractivity contribution in [2.75, 3.05) is 20.1 Å². The molecule has 194 valence electrons. The van der Waals surface area contributed by atoms with Crippen LogP contribution in [0.5, 0.6) is 0 Å². The van der Waals surface area contributed by atoms with Crippen LogP contribution in [-0.2, 0) is 9.53 Å². The molecule has 2 aromatic rings. The second-order valence-electron chi connectivity index (χ2n) is 9.94. The fourth-order valence-electron chi connectivity index (χ4n) is 4.20. The van der Waals surface area contributed by atoms with E-state index in [2.05, 4.69) is 15.8 Å². The zero-order valence-corrected chi connectivity index (χ0v) is 21.8. The van der Waals surface area contributed by atoms with Crippen LogP contribution in [0.3, 0.4) is 0 Å². The first-order valence-electron chi connectivity index (χ1n) is 12.0. The molecule has 3 rings (SSSR count). The number of hydrogen-bond donors (Lipinski definition) is 4. The van der Waals surface area contributed by atoms with Crippen molar-refractivity contribution in [3.8, 4) is 0 Å². The van der Waals surface area contributed by atoms with Gasteiger partial charge in [0.25, 0.3) is 0 Å². The van der Waals surface area contributed by atoms with Gasteiger partial charge in [-0.05, 0) is 59.6 Å². The van der Waals surface area contributed by atoms with E-state index in [0.29, 0.717) is 49.3 Å². The molecule has 2 heterocycles. The maximum absolute atomic E-state index is 12.5. The Morgan fingerprint density at radius 3 is 2.53 bits per heavy atom. The third-order valence-corrected chi connectivity index (χ3v) is 5.94. The second-order valence-corrected chi connectivity index (χ2v) is 9.94. The summed E-state index contributed by atoms with van der Waals surface area (Å²) in [6.07, 6.45) is 1.36. The van der Waals surface area contributed by atoms with Crippen LogP contribution in [0.2, 0.25) is 0 Å². The van der Waals surface area contributed by atoms with Crippen molar-refractivity contribution in [3.63, 3.8) is 0 Å². The van der Waals surface area contributed by atoms with Crippen molar-refractivity contribution in [1.29, 1.82) is 5.41 Å². The molecule has 1 saturated heterocycles. The van der Waals surface area contributed by atoms with Gasteiger partial charge in [-0.2, -0.15) is 5.10 Å². The van der Waals surface area contributed by atoms with E-state index >= 15 is 0 Å². The average Bonchev–Trinajstić information content (AvgIpc) is 3.13. The van der Waals surface area contributed by atoms with Crippen LogP contribution in [-0.4, -0.2) is 60.6 Å². The summed E-state index contributed by atoms with van der Waals surface area (Å²) in [5.41, 5.74) is 11.2. The van der Waals surface area contributed by atoms with Crippen LogP contribution < -0.4 is 16.5 Å². The van der Waals surface area contributed by atoms with Crippen LogP contribution >= 0.6 is 0 Å². The summed E-state index contributed by atoms with van der Waals surface area (Å²) in [7, 11) is 1.59. The Kier molecular flexibility index (Phi) is 8.07. The number of rotatable bonds is 7. The number of amides is 1. The SMILES string of the molecule is CN/N=C(N)\C(C(=N)C=O)=C(\NC1CCN(C(=O)OC(C)(C)C)CC1)c1oc2ccc(C)cc2c1C. The van der Waals surface area contributed by atoms with Crippen molar-refractivity contribution in [1.82, 2.24) is 15.6 Å². The molecule has 0 saturated carbocycles. The van der Waals surface area contributed by atoms with E-state index in [1.807, 2.05) is 52.8 Å². The minimum Gasteiger partial charge on any atom is -0.454 e. The number of furan rings is 1. The fourth-order valence-corrected chi connectivity index (χ4v) is 4.20. The number of aryl methyl sites for hydroxylation is 2. The number of hydrazone groups is 1. The summed E-state index contributed by atoms with van der Waals surface area (Å²) in [4.78, 5) is 25.9. The zero-order valence-electron chi connectivity index (χ0n) is 21.8. The summed E-state index contributed by atoms with van der Waals surface area (Å²) in [5.74, 6) is 0.473. The number of carbonyl (C=O) groups excluding carboxylic acids is 2. The number of nitrogens with two attached hydrogens (primary N) is 1. The number of nitrogens with one attached hydrogen (secondary N) is 3. The van der Waals surface area contributed by atoms with Crippen molar-refractivity contribution in [2.24, 2.45) is 10.8 Å². The van der Waals surface area contributed by atoms with Gasteiger partial charge in [0.05, 0.1) is 11.3 Å². The molecule has 1 aromatic carbocycles. The highest BCUT2D eigenvalue weighted by molar-refractivity contribution is 6.45. The highest BCUT2D eigenvalue weighted by atomic mass is 16.6. The fraction of sp³-hybridized carbons (Fsp3) is 0.462. The Hall–Kier alpha value is -3.82. The molecule has 1 fully saturated rings. The predicted octanol–water partition coefficient (Wildman–Crippen LogP) is 3.46. The minimum atomic E-state index is -0.562. The van der Waals surface area contributed by atoms with E-state index in [0.717, 1.165) is 16.5 Å². The standard InChI is InChI=1S/C26H36N6O4/c1-15-7-8-20-18(13-15)16(2)23(35-20)22(21(19(27)14-33)24(28)31-29-6)30-17-9-11-32(12-10-17)25(34)36-26(3,4)5/h7-8,13-14,17,27,29-30H,9-12H2,1-6H3,(H2,28,31)/b22-21+,27-19?. The molecule has 10 nitrogen and oxygen atoms in total. The molecule has 0 aliphatic carbocycles. The summed E-state index contributed by atoms with van der Waals surface area (Å²) in [6.45, 7) is 10.5. The first-order valence-corrected chi connectivity index (χ1v) is 12.0. The normalized spacial score (nSPS) is 15.9. The van der Waals surface area contributed by atoms with Crippen LogP contribution in [0, 0.1) is 19.3 Å². The third-order valence-electron chi connectivity index (χ3n) is 5.94. The maximum atomic E-state index is 12.5. The van der Waals surface area contributed by atoms with E-state index in [1.54, 1.807) is 11.9 Å². The lowest BCUT2D eigenvalue weighted by molar-refractivity contribution is -0.102. The van der Waals surface area contributed by atoms with Crippen molar-refractivity contribution in [2.45, 2.75) is 59.1 Å². The van der Waals surface area contributed by atoms with Gasteiger partial charge in [0.15, 0.2) is 17.9 Å². The van der Waals surface area contributed by atoms with Crippen molar-refractivity contribution >= 4 is 40.6 Å². The molecular weight excluding hydrogens is 460 g/mol. The molecule has 5 N–H and O–H groups in total. The van der Waals surface area contributed by atoms with Gasteiger partial charge in [-0.25, -0.2) is 4.79 Å². The first kappa shape index (κ1) is 26.8. The van der Waals surface area contributed by atoms with Gasteiger partial charge in [0, 0.05) is 37.1 Å². The molecule has 0 unspecified atom stereocenters. The van der Waals surface area contributed by atoms with Crippen LogP contribution in [0.1, 0.15) is 50.5 Å². The number of benzene rings is 1. The molecule has 0 bridgehead atoms. The number of amidine groups is 1. The molecule has 0 atom stereocenters. The van der Waals surface area contributed by atoms with Crippen molar-refractivity contribution in [3.05, 3.63) is 40.7 Å². The predicted molar refractivity (Wildman–Crippen MR) is 141 cm³/mol. The monoisotopic (exact) mass is 496 g/mol. The highest BCUT2D eigenvalue weighted by Gasteiger charge is 2.30. The number of fused-ring (bicyclic) bond motifs is 1. The van der Waals surface area contributed by atoms with Crippen molar-refractivity contribution < 1.29 is 18.7 Å². The van der Waals surface area contributed by atoms with E-state index in [9.17, 15) is 9.59 Å². The number of nitrogens with zero attached hydrogens (tertiary/aromatic N) is 2. The van der Waals surface area contributed by atoms with Gasteiger partial charge in [-0.1, -0.05) is 11.6 Å². The molecule has 0 radical (unpaired) electrons. The summed E-state index contributed by atoms with van der Waals surface area (Å²) in [6, 6.07) is 5.83. The van der Waals surface area contributed by atoms with Crippen LogP contribution in [0.25, 0.3) is 16.7 Å². The number of piperidine rings is 1. The van der Waals surface area contributed by atoms with Gasteiger partial charge in [0.2, 0.25) is 0 Å². The summed E-state index contributed by atoms with van der Waals surface area (Å²) in [5, 5.41) is 16.8. The zero-order chi connectivity index (χ0) is 26.6. The number of ether oxygens (including phenoxy) is 1. The number of aldehydes is 1. The van der Waals surface area contributed by atoms with E-state index in [4.69, 9.17) is 20.3 Å². The smallest absolute Gasteiger partial charge is 0.410 e. The van der Waals surface area contributed by atoms with E-state index in [-0.39, 0.29) is 29.3 Å². The Morgan fingerprint density at radius 1 is 1.28 bits per heavy atom. The lowest BCUT2D eigenvalue weighted by Gasteiger charge is -2.34. The molecular formula is C26H36N6O4. The van der Waals surface area contributed by atoms with E-state index < -0.39 is 5.60 Å². The van der Waals surface area contributed by atoms with Crippen LogP contribution in [0.4, 0.5) is 4.79 Å². The number of hydrogen-bond acceptors (Lipinski definition) is 8. The minimum absolute atomic E-state index is 0.0145. The third kappa shape index (κ3) is 6.05. The van der Waals surface area contributed by atoms with Gasteiger partial charge < -0.3 is 30.5 Å². The summed E-state index contributed by atoms with van der Waals surface area (Å²) >= 11 is 0. The quantitative estimate of drug-likeness (QED) is 0.199. The van der Waals surface area contributed by atoms with Gasteiger partial charge in [-0.3, -0.25) is 10.2 Å². The molecule has 36 heavy (non-hydrogen) atoms. The average molecular weight is 497 g/mol. The Balaban J connectivity index is 2.01. The lowest BCUT2D eigenvalue weighted by Crippen LogP contribution is -2.46. The Bertz CT molecular complexity index is 1210. The van der Waals surface area contributed by atoms with Crippen LogP contribution in [0.15, 0.2) is 33.3 Å². The number of likely N-dealkylation sites (tertiary alicyclic amines) is 1. The lowest BCUT2D eigenvalue weighted by atomic mass is 9.99. The van der Waals surface area contributed by atoms with Gasteiger partial charge in [0.1, 0.15) is 16.9 Å². The first-order chi connectivity index (χ1) is 16.9. The van der Waals surface area contributed by atoms with Gasteiger partial charge >= 0.3 is 6.09 Å². The van der Waals surface area contributed by atoms with Gasteiger partial charge in [-0.15, -0.1) is 0 Å². The largest absolute Gasteiger partial charge is 0.454 e. The maximum Gasteiger partial charge on any atom is 0.410 e. The molecule has 1 aromatic heterocycles. The second kappa shape index (κ2) is 10.8.